The van der Waals surface area contributed by atoms with Crippen LogP contribution in [0, 0.1) is 0 Å². The Balaban J connectivity index is 2.90. The third kappa shape index (κ3) is 1.23. The molecule has 0 fully saturated rings. The van der Waals surface area contributed by atoms with Crippen molar-refractivity contribution in [1.29, 1.82) is 0 Å². The van der Waals surface area contributed by atoms with E-state index < -0.39 is 0 Å². The van der Waals surface area contributed by atoms with Crippen LogP contribution in [-0.4, -0.2) is 4.57 Å². The average Bonchev–Trinajstić information content (AvgIpc) is 2.55. The molecule has 2 rings (SSSR count). The van der Waals surface area contributed by atoms with Gasteiger partial charge in [0.05, 0.1) is 10.2 Å². The molecule has 4 heteroatoms. The second-order valence-electron chi connectivity index (χ2n) is 2.73. The lowest BCUT2D eigenvalue weighted by Crippen LogP contribution is -2.15. The molecule has 0 aliphatic rings. The molecule has 0 saturated carbocycles. The van der Waals surface area contributed by atoms with Crippen molar-refractivity contribution in [3.8, 4) is 0 Å². The van der Waals surface area contributed by atoms with E-state index in [0.29, 0.717) is 0 Å². The minimum absolute atomic E-state index is 0.878. The quantitative estimate of drug-likeness (QED) is 0.541. The Bertz CT molecular complexity index is 481. The van der Waals surface area contributed by atoms with Crippen molar-refractivity contribution in [1.82, 2.24) is 4.57 Å². The zero-order chi connectivity index (χ0) is 9.26. The van der Waals surface area contributed by atoms with Crippen LogP contribution in [0.3, 0.4) is 0 Å². The molecule has 0 spiro atoms. The first-order valence-corrected chi connectivity index (χ1v) is 5.00. The number of nitrogens with two attached hydrogens (primary N) is 1. The largest absolute Gasteiger partial charge is 0.320 e. The van der Waals surface area contributed by atoms with Gasteiger partial charge in [0, 0.05) is 6.54 Å². The van der Waals surface area contributed by atoms with Gasteiger partial charge in [0.25, 0.3) is 0 Å². The number of aromatic nitrogens is 1. The van der Waals surface area contributed by atoms with E-state index in [1.165, 1.54) is 10.2 Å². The second kappa shape index (κ2) is 3.22. The fraction of sp³-hybridized carbons (Fsp3) is 0.222. The average molecular weight is 193 g/mol. The Morgan fingerprint density at radius 2 is 2.23 bits per heavy atom. The lowest BCUT2D eigenvalue weighted by atomic mass is 10.3. The number of benzene rings is 1. The number of rotatable bonds is 1. The Kier molecular flexibility index (Phi) is 2.06. The second-order valence-corrected chi connectivity index (χ2v) is 3.73. The summed E-state index contributed by atoms with van der Waals surface area (Å²) in [6, 6.07) is 8.23. The topological polar surface area (TPSA) is 43.3 Å². The van der Waals surface area contributed by atoms with Crippen molar-refractivity contribution in [3.63, 3.8) is 0 Å². The van der Waals surface area contributed by atoms with Crippen molar-refractivity contribution >= 4 is 21.6 Å². The predicted octanol–water partition coefficient (Wildman–Crippen LogP) is 1.50. The molecule has 3 nitrogen and oxygen atoms in total. The fourth-order valence-corrected chi connectivity index (χ4v) is 2.44. The predicted molar refractivity (Wildman–Crippen MR) is 55.2 cm³/mol. The third-order valence-corrected chi connectivity index (χ3v) is 3.09. The van der Waals surface area contributed by atoms with Gasteiger partial charge in [0.2, 0.25) is 4.80 Å². The highest BCUT2D eigenvalue weighted by molar-refractivity contribution is 7.16. The Morgan fingerprint density at radius 1 is 1.46 bits per heavy atom. The van der Waals surface area contributed by atoms with Crippen molar-refractivity contribution in [2.45, 2.75) is 13.5 Å². The number of fused-ring (bicyclic) bond motifs is 1. The molecule has 0 unspecified atom stereocenters. The molecular formula is C9H11N3S. The molecule has 0 radical (unpaired) electrons. The summed E-state index contributed by atoms with van der Waals surface area (Å²) < 4.78 is 3.34. The SMILES string of the molecule is CCn1/c(=N\N)sc2ccccc21. The normalized spacial score (nSPS) is 12.5. The monoisotopic (exact) mass is 193 g/mol. The van der Waals surface area contributed by atoms with Gasteiger partial charge in [-0.3, -0.25) is 0 Å². The van der Waals surface area contributed by atoms with Crippen LogP contribution in [0.2, 0.25) is 0 Å². The number of thiazole rings is 1. The van der Waals surface area contributed by atoms with E-state index in [1.54, 1.807) is 11.3 Å². The zero-order valence-electron chi connectivity index (χ0n) is 7.40. The lowest BCUT2D eigenvalue weighted by molar-refractivity contribution is 0.756. The molecule has 0 aliphatic heterocycles. The molecule has 13 heavy (non-hydrogen) atoms. The maximum Gasteiger partial charge on any atom is 0.208 e. The van der Waals surface area contributed by atoms with Gasteiger partial charge < -0.3 is 10.4 Å². The molecule has 0 bridgehead atoms. The number of nitrogens with zero attached hydrogens (tertiary/aromatic N) is 2. The molecule has 0 saturated heterocycles. The van der Waals surface area contributed by atoms with Crippen molar-refractivity contribution < 1.29 is 0 Å². The minimum Gasteiger partial charge on any atom is -0.320 e. The van der Waals surface area contributed by atoms with Crippen molar-refractivity contribution in [2.75, 3.05) is 0 Å². The van der Waals surface area contributed by atoms with Crippen LogP contribution >= 0.6 is 11.3 Å². The highest BCUT2D eigenvalue weighted by Crippen LogP contribution is 2.15. The molecule has 1 aromatic carbocycles. The van der Waals surface area contributed by atoms with Gasteiger partial charge in [0.15, 0.2) is 0 Å². The summed E-state index contributed by atoms with van der Waals surface area (Å²) in [7, 11) is 0. The van der Waals surface area contributed by atoms with Crippen LogP contribution in [0.15, 0.2) is 29.4 Å². The van der Waals surface area contributed by atoms with E-state index in [1.807, 2.05) is 12.1 Å². The summed E-state index contributed by atoms with van der Waals surface area (Å²) in [6.07, 6.45) is 0. The van der Waals surface area contributed by atoms with Crippen LogP contribution in [-0.2, 0) is 6.54 Å². The highest BCUT2D eigenvalue weighted by atomic mass is 32.1. The van der Waals surface area contributed by atoms with Crippen LogP contribution in [0.4, 0.5) is 0 Å². The van der Waals surface area contributed by atoms with Gasteiger partial charge in [-0.15, -0.1) is 0 Å². The molecule has 68 valence electrons. The molecular weight excluding hydrogens is 182 g/mol. The van der Waals surface area contributed by atoms with Gasteiger partial charge in [-0.1, -0.05) is 23.5 Å². The summed E-state index contributed by atoms with van der Waals surface area (Å²) in [5.41, 5.74) is 1.21. The van der Waals surface area contributed by atoms with Gasteiger partial charge in [0.1, 0.15) is 0 Å². The maximum atomic E-state index is 5.30. The van der Waals surface area contributed by atoms with Crippen molar-refractivity contribution in [2.24, 2.45) is 10.9 Å². The van der Waals surface area contributed by atoms with E-state index in [2.05, 4.69) is 28.7 Å². The third-order valence-electron chi connectivity index (χ3n) is 2.01. The lowest BCUT2D eigenvalue weighted by Gasteiger charge is -1.97. The number of hydrogen-bond acceptors (Lipinski definition) is 3. The summed E-state index contributed by atoms with van der Waals surface area (Å²) in [5.74, 6) is 5.30. The molecule has 0 atom stereocenters. The molecule has 1 aromatic heterocycles. The van der Waals surface area contributed by atoms with E-state index in [-0.39, 0.29) is 0 Å². The van der Waals surface area contributed by atoms with Crippen LogP contribution in [0.25, 0.3) is 10.2 Å². The van der Waals surface area contributed by atoms with Gasteiger partial charge in [-0.25, -0.2) is 0 Å². The summed E-state index contributed by atoms with van der Waals surface area (Å²) >= 11 is 1.62. The summed E-state index contributed by atoms with van der Waals surface area (Å²) in [4.78, 5) is 0.878. The summed E-state index contributed by atoms with van der Waals surface area (Å²) in [6.45, 7) is 2.99. The number of aryl methyl sites for hydroxylation is 1. The molecule has 2 N–H and O–H groups in total. The van der Waals surface area contributed by atoms with Crippen molar-refractivity contribution in [3.05, 3.63) is 29.1 Å². The fourth-order valence-electron chi connectivity index (χ4n) is 1.42. The molecule has 0 amide bonds. The Labute approximate surface area is 80.1 Å². The Morgan fingerprint density at radius 3 is 2.92 bits per heavy atom. The zero-order valence-corrected chi connectivity index (χ0v) is 8.21. The molecule has 2 aromatic rings. The molecule has 1 heterocycles. The smallest absolute Gasteiger partial charge is 0.208 e. The van der Waals surface area contributed by atoms with Gasteiger partial charge in [-0.2, -0.15) is 5.10 Å². The maximum absolute atomic E-state index is 5.30. The minimum atomic E-state index is 0.878. The first-order chi connectivity index (χ1) is 6.36. The number of para-hydroxylation sites is 1. The van der Waals surface area contributed by atoms with Crippen LogP contribution in [0.5, 0.6) is 0 Å². The number of hydrogen-bond donors (Lipinski definition) is 1. The first-order valence-electron chi connectivity index (χ1n) is 4.19. The van der Waals surface area contributed by atoms with Gasteiger partial charge in [-0.05, 0) is 19.1 Å². The van der Waals surface area contributed by atoms with Crippen LogP contribution < -0.4 is 10.6 Å². The standard InChI is InChI=1S/C9H11N3S/c1-2-12-7-5-3-4-6-8(7)13-9(12)11-10/h3-6H,2,10H2,1H3/b11-9+. The summed E-state index contributed by atoms with van der Waals surface area (Å²) in [5, 5.41) is 3.76. The van der Waals surface area contributed by atoms with Crippen LogP contribution in [0.1, 0.15) is 6.92 Å². The van der Waals surface area contributed by atoms with E-state index >= 15 is 0 Å². The van der Waals surface area contributed by atoms with E-state index in [9.17, 15) is 0 Å². The van der Waals surface area contributed by atoms with E-state index in [0.717, 1.165) is 11.3 Å². The highest BCUT2D eigenvalue weighted by Gasteiger charge is 2.01. The molecule has 0 aliphatic carbocycles. The van der Waals surface area contributed by atoms with Gasteiger partial charge >= 0.3 is 0 Å². The first kappa shape index (κ1) is 8.31. The van der Waals surface area contributed by atoms with E-state index in [4.69, 9.17) is 5.84 Å². The Hall–Kier alpha value is -1.29.